The second-order valence-corrected chi connectivity index (χ2v) is 6.97. The first-order chi connectivity index (χ1) is 8.13. The fourth-order valence-electron chi connectivity index (χ4n) is 2.68. The minimum Gasteiger partial charge on any atom is -0.381 e. The van der Waals surface area contributed by atoms with Gasteiger partial charge in [0, 0.05) is 25.7 Å². The van der Waals surface area contributed by atoms with Crippen molar-refractivity contribution < 1.29 is 13.2 Å². The Morgan fingerprint density at radius 2 is 2.06 bits per heavy atom. The van der Waals surface area contributed by atoms with Gasteiger partial charge in [0.1, 0.15) is 0 Å². The molecule has 2 aliphatic rings. The minimum atomic E-state index is -3.15. The number of rotatable bonds is 4. The summed E-state index contributed by atoms with van der Waals surface area (Å²) in [7, 11) is -3.15. The van der Waals surface area contributed by atoms with Crippen LogP contribution in [0.4, 0.5) is 0 Å². The van der Waals surface area contributed by atoms with Crippen molar-refractivity contribution in [1.82, 2.24) is 4.31 Å². The Morgan fingerprint density at radius 3 is 2.67 bits per heavy atom. The first-order valence-electron chi connectivity index (χ1n) is 6.41. The molecular weight excluding hydrogens is 276 g/mol. The van der Waals surface area contributed by atoms with Crippen molar-refractivity contribution in [2.75, 3.05) is 32.1 Å². The molecule has 0 amide bonds. The van der Waals surface area contributed by atoms with E-state index in [1.54, 1.807) is 4.31 Å². The second kappa shape index (κ2) is 7.05. The van der Waals surface area contributed by atoms with Gasteiger partial charge in [0.15, 0.2) is 0 Å². The van der Waals surface area contributed by atoms with Gasteiger partial charge in [0.05, 0.1) is 12.4 Å². The summed E-state index contributed by atoms with van der Waals surface area (Å²) in [6, 6.07) is 0.0103. The summed E-state index contributed by atoms with van der Waals surface area (Å²) in [6.07, 6.45) is 3.80. The fourth-order valence-corrected chi connectivity index (χ4v) is 4.79. The Hall–Kier alpha value is 0.120. The number of halogens is 1. The fraction of sp³-hybridized carbons (Fsp3) is 1.00. The number of hydrogen-bond acceptors (Lipinski definition) is 4. The molecule has 2 aliphatic heterocycles. The topological polar surface area (TPSA) is 72.6 Å². The first kappa shape index (κ1) is 16.2. The Balaban J connectivity index is 0.00000162. The van der Waals surface area contributed by atoms with E-state index >= 15 is 0 Å². The lowest BCUT2D eigenvalue weighted by Crippen LogP contribution is -2.48. The number of sulfonamides is 1. The van der Waals surface area contributed by atoms with Gasteiger partial charge in [-0.05, 0) is 25.2 Å². The zero-order valence-electron chi connectivity index (χ0n) is 10.6. The standard InChI is InChI=1S/C11H22N2O3S.ClH/c12-7-11-3-1-2-5-13(11)17(14,15)9-10-4-6-16-8-10;/h10-11H,1-9,12H2;1H. The molecule has 0 radical (unpaired) electrons. The van der Waals surface area contributed by atoms with Crippen molar-refractivity contribution in [3.05, 3.63) is 0 Å². The molecule has 2 saturated heterocycles. The molecule has 0 aromatic rings. The third kappa shape index (κ3) is 3.81. The van der Waals surface area contributed by atoms with Crippen LogP contribution in [0.15, 0.2) is 0 Å². The zero-order chi connectivity index (χ0) is 12.3. The van der Waals surface area contributed by atoms with Crippen LogP contribution in [-0.2, 0) is 14.8 Å². The largest absolute Gasteiger partial charge is 0.381 e. The van der Waals surface area contributed by atoms with Crippen LogP contribution >= 0.6 is 12.4 Å². The van der Waals surface area contributed by atoms with E-state index in [1.165, 1.54) is 0 Å². The highest BCUT2D eigenvalue weighted by atomic mass is 35.5. The van der Waals surface area contributed by atoms with Crippen LogP contribution in [0.5, 0.6) is 0 Å². The number of hydrogen-bond donors (Lipinski definition) is 1. The third-order valence-corrected chi connectivity index (χ3v) is 5.76. The minimum absolute atomic E-state index is 0. The molecule has 0 bridgehead atoms. The molecule has 2 unspecified atom stereocenters. The van der Waals surface area contributed by atoms with E-state index in [1.807, 2.05) is 0 Å². The van der Waals surface area contributed by atoms with Crippen molar-refractivity contribution in [2.24, 2.45) is 11.7 Å². The van der Waals surface area contributed by atoms with E-state index in [4.69, 9.17) is 10.5 Å². The molecule has 0 aliphatic carbocycles. The molecule has 108 valence electrons. The first-order valence-corrected chi connectivity index (χ1v) is 8.02. The van der Waals surface area contributed by atoms with Gasteiger partial charge in [0.25, 0.3) is 0 Å². The van der Waals surface area contributed by atoms with Crippen molar-refractivity contribution in [3.63, 3.8) is 0 Å². The van der Waals surface area contributed by atoms with Crippen molar-refractivity contribution in [3.8, 4) is 0 Å². The van der Waals surface area contributed by atoms with Gasteiger partial charge in [-0.2, -0.15) is 4.31 Å². The maximum Gasteiger partial charge on any atom is 0.214 e. The summed E-state index contributed by atoms with van der Waals surface area (Å²) >= 11 is 0. The number of nitrogens with zero attached hydrogens (tertiary/aromatic N) is 1. The van der Waals surface area contributed by atoms with Crippen LogP contribution in [0.1, 0.15) is 25.7 Å². The zero-order valence-corrected chi connectivity index (χ0v) is 12.2. The molecule has 18 heavy (non-hydrogen) atoms. The molecule has 0 aromatic carbocycles. The maximum absolute atomic E-state index is 12.3. The van der Waals surface area contributed by atoms with E-state index in [-0.39, 0.29) is 30.1 Å². The summed E-state index contributed by atoms with van der Waals surface area (Å²) in [4.78, 5) is 0. The quantitative estimate of drug-likeness (QED) is 0.824. The van der Waals surface area contributed by atoms with E-state index in [9.17, 15) is 8.42 Å². The van der Waals surface area contributed by atoms with Crippen molar-refractivity contribution >= 4 is 22.4 Å². The molecule has 2 rings (SSSR count). The number of nitrogens with two attached hydrogens (primary N) is 1. The van der Waals surface area contributed by atoms with Crippen LogP contribution < -0.4 is 5.73 Å². The number of piperidine rings is 1. The SMILES string of the molecule is Cl.NCC1CCCCN1S(=O)(=O)CC1CCOC1. The highest BCUT2D eigenvalue weighted by Gasteiger charge is 2.33. The van der Waals surface area contributed by atoms with Crippen molar-refractivity contribution in [2.45, 2.75) is 31.7 Å². The summed E-state index contributed by atoms with van der Waals surface area (Å²) in [5.41, 5.74) is 5.67. The van der Waals surface area contributed by atoms with Gasteiger partial charge in [0.2, 0.25) is 10.0 Å². The second-order valence-electron chi connectivity index (χ2n) is 5.00. The lowest BCUT2D eigenvalue weighted by Gasteiger charge is -2.34. The summed E-state index contributed by atoms with van der Waals surface area (Å²) < 4.78 is 31.5. The average Bonchev–Trinajstić information content (AvgIpc) is 2.81. The molecule has 0 saturated carbocycles. The highest BCUT2D eigenvalue weighted by molar-refractivity contribution is 7.89. The van der Waals surface area contributed by atoms with E-state index < -0.39 is 10.0 Å². The smallest absolute Gasteiger partial charge is 0.214 e. The Labute approximate surface area is 116 Å². The molecule has 0 aromatic heterocycles. The van der Waals surface area contributed by atoms with Crippen LogP contribution in [-0.4, -0.2) is 50.8 Å². The Morgan fingerprint density at radius 1 is 1.28 bits per heavy atom. The number of ether oxygens (including phenoxy) is 1. The Kier molecular flexibility index (Phi) is 6.34. The molecule has 2 atom stereocenters. The lowest BCUT2D eigenvalue weighted by atomic mass is 10.1. The Bertz CT molecular complexity index is 344. The van der Waals surface area contributed by atoms with Gasteiger partial charge in [-0.15, -0.1) is 12.4 Å². The lowest BCUT2D eigenvalue weighted by molar-refractivity contribution is 0.188. The predicted molar refractivity (Wildman–Crippen MR) is 73.4 cm³/mol. The summed E-state index contributed by atoms with van der Waals surface area (Å²) in [5, 5.41) is 0. The van der Waals surface area contributed by atoms with Crippen LogP contribution in [0.2, 0.25) is 0 Å². The molecule has 2 N–H and O–H groups in total. The summed E-state index contributed by atoms with van der Waals surface area (Å²) in [5.74, 6) is 0.393. The molecule has 5 nitrogen and oxygen atoms in total. The van der Waals surface area contributed by atoms with Gasteiger partial charge < -0.3 is 10.5 Å². The molecular formula is C11H23ClN2O3S. The predicted octanol–water partition coefficient (Wildman–Crippen LogP) is 0.588. The van der Waals surface area contributed by atoms with Gasteiger partial charge in [-0.25, -0.2) is 8.42 Å². The molecule has 2 heterocycles. The highest BCUT2D eigenvalue weighted by Crippen LogP contribution is 2.23. The van der Waals surface area contributed by atoms with Gasteiger partial charge >= 0.3 is 0 Å². The van der Waals surface area contributed by atoms with E-state index in [0.717, 1.165) is 25.7 Å². The van der Waals surface area contributed by atoms with Crippen molar-refractivity contribution in [1.29, 1.82) is 0 Å². The average molecular weight is 299 g/mol. The van der Waals surface area contributed by atoms with E-state index in [2.05, 4.69) is 0 Å². The third-order valence-electron chi connectivity index (χ3n) is 3.67. The maximum atomic E-state index is 12.3. The monoisotopic (exact) mass is 298 g/mol. The van der Waals surface area contributed by atoms with Crippen LogP contribution in [0, 0.1) is 5.92 Å². The summed E-state index contributed by atoms with van der Waals surface area (Å²) in [6.45, 7) is 2.35. The normalized spacial score (nSPS) is 30.1. The van der Waals surface area contributed by atoms with E-state index in [0.29, 0.717) is 26.3 Å². The molecule has 2 fully saturated rings. The van der Waals surface area contributed by atoms with Gasteiger partial charge in [-0.1, -0.05) is 6.42 Å². The van der Waals surface area contributed by atoms with Crippen LogP contribution in [0.3, 0.4) is 0 Å². The van der Waals surface area contributed by atoms with Crippen LogP contribution in [0.25, 0.3) is 0 Å². The van der Waals surface area contributed by atoms with Gasteiger partial charge in [-0.3, -0.25) is 0 Å². The molecule has 0 spiro atoms. The molecule has 7 heteroatoms.